The molecule has 1 heteroatoms. The van der Waals surface area contributed by atoms with E-state index in [1.165, 1.54) is 11.1 Å². The summed E-state index contributed by atoms with van der Waals surface area (Å²) in [5.74, 6) is 0. The Balaban J connectivity index is 3.30. The van der Waals surface area contributed by atoms with Crippen LogP contribution in [0.5, 0.6) is 0 Å². The third-order valence-electron chi connectivity index (χ3n) is 2.73. The molecule has 0 saturated carbocycles. The average Bonchev–Trinajstić information content (AvgIpc) is 2.00. The van der Waals surface area contributed by atoms with E-state index in [0.717, 1.165) is 5.69 Å². The molecule has 1 aromatic carbocycles. The molecule has 2 N–H and O–H groups in total. The fraction of sp³-hybridized carbons (Fsp3) is 0.571. The van der Waals surface area contributed by atoms with Crippen LogP contribution in [0.25, 0.3) is 0 Å². The Morgan fingerprint density at radius 2 is 1.40 bits per heavy atom. The van der Waals surface area contributed by atoms with Gasteiger partial charge in [0.05, 0.1) is 0 Å². The standard InChI is InChI=1S/C14H23N/c1-13(2,3)10-7-8-12(15)11(9-10)14(4,5)6/h7-9H,15H2,1-6H3. The first-order valence-electron chi connectivity index (χ1n) is 5.53. The number of rotatable bonds is 0. The van der Waals surface area contributed by atoms with E-state index < -0.39 is 0 Å². The van der Waals surface area contributed by atoms with Crippen molar-refractivity contribution >= 4 is 5.69 Å². The van der Waals surface area contributed by atoms with Crippen molar-refractivity contribution in [3.05, 3.63) is 29.3 Å². The Bertz CT molecular complexity index is 351. The maximum Gasteiger partial charge on any atom is 0.0352 e. The summed E-state index contributed by atoms with van der Waals surface area (Å²) in [7, 11) is 0. The molecule has 0 aliphatic heterocycles. The van der Waals surface area contributed by atoms with Gasteiger partial charge in [-0.1, -0.05) is 53.7 Å². The van der Waals surface area contributed by atoms with Crippen LogP contribution in [0.3, 0.4) is 0 Å². The second-order valence-corrected chi connectivity index (χ2v) is 6.30. The number of hydrogen-bond donors (Lipinski definition) is 1. The molecule has 0 radical (unpaired) electrons. The topological polar surface area (TPSA) is 26.0 Å². The molecule has 1 aromatic rings. The lowest BCUT2D eigenvalue weighted by atomic mass is 9.80. The van der Waals surface area contributed by atoms with Gasteiger partial charge in [-0.25, -0.2) is 0 Å². The summed E-state index contributed by atoms with van der Waals surface area (Å²) in [4.78, 5) is 0. The van der Waals surface area contributed by atoms with E-state index in [0.29, 0.717) is 0 Å². The van der Waals surface area contributed by atoms with Gasteiger partial charge in [0.2, 0.25) is 0 Å². The van der Waals surface area contributed by atoms with E-state index in [1.54, 1.807) is 0 Å². The number of nitrogens with two attached hydrogens (primary N) is 1. The van der Waals surface area contributed by atoms with Crippen LogP contribution in [0.4, 0.5) is 5.69 Å². The van der Waals surface area contributed by atoms with Crippen molar-refractivity contribution in [2.75, 3.05) is 5.73 Å². The first kappa shape index (κ1) is 12.1. The second kappa shape index (κ2) is 3.55. The lowest BCUT2D eigenvalue weighted by Gasteiger charge is -2.26. The summed E-state index contributed by atoms with van der Waals surface area (Å²) >= 11 is 0. The molecule has 0 spiro atoms. The SMILES string of the molecule is CC(C)(C)c1ccc(N)c(C(C)(C)C)c1. The minimum atomic E-state index is 0.116. The molecule has 0 amide bonds. The normalized spacial score (nSPS) is 12.9. The van der Waals surface area contributed by atoms with Crippen LogP contribution in [0, 0.1) is 0 Å². The molecule has 0 aromatic heterocycles. The van der Waals surface area contributed by atoms with Gasteiger partial charge in [-0.3, -0.25) is 0 Å². The van der Waals surface area contributed by atoms with Crippen molar-refractivity contribution in [1.29, 1.82) is 0 Å². The van der Waals surface area contributed by atoms with Crippen LogP contribution in [-0.2, 0) is 10.8 Å². The van der Waals surface area contributed by atoms with Gasteiger partial charge in [-0.15, -0.1) is 0 Å². The van der Waals surface area contributed by atoms with Crippen LogP contribution < -0.4 is 5.73 Å². The van der Waals surface area contributed by atoms with Gasteiger partial charge in [0, 0.05) is 5.69 Å². The molecule has 1 nitrogen and oxygen atoms in total. The van der Waals surface area contributed by atoms with Crippen LogP contribution in [0.15, 0.2) is 18.2 Å². The van der Waals surface area contributed by atoms with Crippen molar-refractivity contribution < 1.29 is 0 Å². The third-order valence-corrected chi connectivity index (χ3v) is 2.73. The lowest BCUT2D eigenvalue weighted by molar-refractivity contribution is 0.570. The summed E-state index contributed by atoms with van der Waals surface area (Å²) in [5.41, 5.74) is 9.82. The molecule has 0 heterocycles. The molecule has 0 aliphatic carbocycles. The highest BCUT2D eigenvalue weighted by Crippen LogP contribution is 2.32. The van der Waals surface area contributed by atoms with Gasteiger partial charge in [0.15, 0.2) is 0 Å². The highest BCUT2D eigenvalue weighted by Gasteiger charge is 2.20. The predicted octanol–water partition coefficient (Wildman–Crippen LogP) is 3.86. The minimum absolute atomic E-state index is 0.116. The Kier molecular flexibility index (Phi) is 2.86. The van der Waals surface area contributed by atoms with Crippen molar-refractivity contribution in [3.63, 3.8) is 0 Å². The molecule has 15 heavy (non-hydrogen) atoms. The highest BCUT2D eigenvalue weighted by molar-refractivity contribution is 5.52. The fourth-order valence-electron chi connectivity index (χ4n) is 1.67. The van der Waals surface area contributed by atoms with Gasteiger partial charge in [0.25, 0.3) is 0 Å². The molecular weight excluding hydrogens is 182 g/mol. The monoisotopic (exact) mass is 205 g/mol. The zero-order valence-corrected chi connectivity index (χ0v) is 10.8. The van der Waals surface area contributed by atoms with Crippen LogP contribution >= 0.6 is 0 Å². The maximum absolute atomic E-state index is 6.02. The summed E-state index contributed by atoms with van der Waals surface area (Å²) in [6, 6.07) is 6.40. The molecule has 0 aliphatic rings. The first-order chi connectivity index (χ1) is 6.62. The van der Waals surface area contributed by atoms with Crippen LogP contribution in [0.2, 0.25) is 0 Å². The Labute approximate surface area is 93.7 Å². The number of anilines is 1. The number of benzene rings is 1. The first-order valence-corrected chi connectivity index (χ1v) is 5.53. The van der Waals surface area contributed by atoms with Crippen LogP contribution in [-0.4, -0.2) is 0 Å². The Morgan fingerprint density at radius 3 is 1.80 bits per heavy atom. The zero-order valence-electron chi connectivity index (χ0n) is 10.8. The third kappa shape index (κ3) is 2.74. The number of nitrogen functional groups attached to an aromatic ring is 1. The second-order valence-electron chi connectivity index (χ2n) is 6.30. The van der Waals surface area contributed by atoms with E-state index in [2.05, 4.69) is 53.7 Å². The summed E-state index contributed by atoms with van der Waals surface area (Å²) < 4.78 is 0. The average molecular weight is 205 g/mol. The summed E-state index contributed by atoms with van der Waals surface area (Å²) in [6.45, 7) is 13.3. The quantitative estimate of drug-likeness (QED) is 0.639. The number of hydrogen-bond acceptors (Lipinski definition) is 1. The van der Waals surface area contributed by atoms with Crippen molar-refractivity contribution in [2.45, 2.75) is 52.4 Å². The predicted molar refractivity (Wildman–Crippen MR) is 68.3 cm³/mol. The van der Waals surface area contributed by atoms with E-state index in [4.69, 9.17) is 5.73 Å². The minimum Gasteiger partial charge on any atom is -0.398 e. The highest BCUT2D eigenvalue weighted by atomic mass is 14.6. The summed E-state index contributed by atoms with van der Waals surface area (Å²) in [5, 5.41) is 0. The van der Waals surface area contributed by atoms with E-state index in [1.807, 2.05) is 6.07 Å². The van der Waals surface area contributed by atoms with E-state index >= 15 is 0 Å². The van der Waals surface area contributed by atoms with Gasteiger partial charge >= 0.3 is 0 Å². The van der Waals surface area contributed by atoms with Gasteiger partial charge in [-0.05, 0) is 28.0 Å². The van der Waals surface area contributed by atoms with Gasteiger partial charge < -0.3 is 5.73 Å². The molecule has 1 rings (SSSR count). The van der Waals surface area contributed by atoms with Crippen molar-refractivity contribution in [2.24, 2.45) is 0 Å². The molecule has 0 unspecified atom stereocenters. The lowest BCUT2D eigenvalue weighted by Crippen LogP contribution is -2.17. The Morgan fingerprint density at radius 1 is 0.867 bits per heavy atom. The Hall–Kier alpha value is -0.980. The van der Waals surface area contributed by atoms with E-state index in [9.17, 15) is 0 Å². The molecular formula is C14H23N. The fourth-order valence-corrected chi connectivity index (χ4v) is 1.67. The largest absolute Gasteiger partial charge is 0.398 e. The molecule has 84 valence electrons. The van der Waals surface area contributed by atoms with Crippen LogP contribution in [0.1, 0.15) is 52.7 Å². The van der Waals surface area contributed by atoms with Crippen molar-refractivity contribution in [1.82, 2.24) is 0 Å². The molecule has 0 bridgehead atoms. The molecule has 0 saturated heterocycles. The molecule has 0 atom stereocenters. The van der Waals surface area contributed by atoms with Gasteiger partial charge in [0.1, 0.15) is 0 Å². The van der Waals surface area contributed by atoms with Gasteiger partial charge in [-0.2, -0.15) is 0 Å². The van der Waals surface area contributed by atoms with E-state index in [-0.39, 0.29) is 10.8 Å². The summed E-state index contributed by atoms with van der Waals surface area (Å²) in [6.07, 6.45) is 0. The maximum atomic E-state index is 6.02. The zero-order chi connectivity index (χ0) is 11.9. The smallest absolute Gasteiger partial charge is 0.0352 e. The van der Waals surface area contributed by atoms with Crippen molar-refractivity contribution in [3.8, 4) is 0 Å². The molecule has 0 fully saturated rings.